The summed E-state index contributed by atoms with van der Waals surface area (Å²) >= 11 is 0. The van der Waals surface area contributed by atoms with Gasteiger partial charge in [-0.15, -0.1) is 0 Å². The second kappa shape index (κ2) is 8.14. The lowest BCUT2D eigenvalue weighted by Crippen LogP contribution is -2.22. The Kier molecular flexibility index (Phi) is 5.25. The van der Waals surface area contributed by atoms with E-state index in [0.717, 1.165) is 28.7 Å². The maximum atomic E-state index is 11.4. The fraction of sp³-hybridized carbons (Fsp3) is 0.156. The van der Waals surface area contributed by atoms with Gasteiger partial charge in [-0.2, -0.15) is 0 Å². The molecular formula is C32H28O2. The summed E-state index contributed by atoms with van der Waals surface area (Å²) in [6, 6.07) is 27.1. The molecule has 0 amide bonds. The lowest BCUT2D eigenvalue weighted by atomic mass is 9.71. The highest BCUT2D eigenvalue weighted by molar-refractivity contribution is 5.99. The summed E-state index contributed by atoms with van der Waals surface area (Å²) in [4.78, 5) is 11.4. The van der Waals surface area contributed by atoms with Crippen LogP contribution in [0.4, 0.5) is 0 Å². The smallest absolute Gasteiger partial charge is 0.335 e. The molecule has 1 N–H and O–H groups in total. The van der Waals surface area contributed by atoms with Crippen molar-refractivity contribution in [3.8, 4) is 0 Å². The van der Waals surface area contributed by atoms with E-state index in [1.165, 1.54) is 33.0 Å². The van der Waals surface area contributed by atoms with Crippen LogP contribution in [0.2, 0.25) is 0 Å². The van der Waals surface area contributed by atoms with Gasteiger partial charge in [-0.3, -0.25) is 0 Å². The topological polar surface area (TPSA) is 37.3 Å². The zero-order chi connectivity index (χ0) is 24.0. The van der Waals surface area contributed by atoms with Crippen molar-refractivity contribution in [3.05, 3.63) is 130 Å². The molecule has 1 aliphatic carbocycles. The van der Waals surface area contributed by atoms with E-state index in [9.17, 15) is 9.90 Å². The van der Waals surface area contributed by atoms with Crippen LogP contribution in [0.3, 0.4) is 0 Å². The molecule has 0 spiro atoms. The van der Waals surface area contributed by atoms with Crippen LogP contribution >= 0.6 is 0 Å². The third kappa shape index (κ3) is 3.66. The molecule has 2 heteroatoms. The molecule has 4 aromatic rings. The van der Waals surface area contributed by atoms with Gasteiger partial charge < -0.3 is 5.11 Å². The van der Waals surface area contributed by atoms with Gasteiger partial charge >= 0.3 is 5.97 Å². The van der Waals surface area contributed by atoms with Gasteiger partial charge in [0.25, 0.3) is 0 Å². The van der Waals surface area contributed by atoms with Gasteiger partial charge in [-0.25, -0.2) is 4.79 Å². The van der Waals surface area contributed by atoms with Crippen molar-refractivity contribution in [2.75, 3.05) is 0 Å². The predicted octanol–water partition coefficient (Wildman–Crippen LogP) is 8.02. The summed E-state index contributed by atoms with van der Waals surface area (Å²) in [7, 11) is 0. The number of fused-ring (bicyclic) bond motifs is 2. The molecule has 5 rings (SSSR count). The van der Waals surface area contributed by atoms with Crippen molar-refractivity contribution in [3.63, 3.8) is 0 Å². The van der Waals surface area contributed by atoms with Gasteiger partial charge in [0.05, 0.1) is 5.56 Å². The first-order valence-corrected chi connectivity index (χ1v) is 11.6. The first-order chi connectivity index (χ1) is 16.3. The molecule has 0 radical (unpaired) electrons. The van der Waals surface area contributed by atoms with Crippen LogP contribution in [0.25, 0.3) is 21.9 Å². The normalized spacial score (nSPS) is 14.4. The summed E-state index contributed by atoms with van der Waals surface area (Å²) < 4.78 is 0. The SMILES string of the molecule is C=C(c1ccc(C(=O)O)c(C)c1)c1ccc2c(c1)C(c1cccc3ccccc13)=CCC2(C)C. The molecule has 168 valence electrons. The number of hydrogen-bond acceptors (Lipinski definition) is 1. The van der Waals surface area contributed by atoms with E-state index in [2.05, 4.69) is 87.2 Å². The van der Waals surface area contributed by atoms with Crippen LogP contribution in [0.15, 0.2) is 91.5 Å². The Bertz CT molecular complexity index is 1500. The summed E-state index contributed by atoms with van der Waals surface area (Å²) in [5.74, 6) is -0.907. The van der Waals surface area contributed by atoms with Crippen molar-refractivity contribution in [2.24, 2.45) is 0 Å². The number of aryl methyl sites for hydroxylation is 1. The van der Waals surface area contributed by atoms with Crippen LogP contribution < -0.4 is 0 Å². The molecule has 0 unspecified atom stereocenters. The van der Waals surface area contributed by atoms with Crippen molar-refractivity contribution in [1.29, 1.82) is 0 Å². The number of hydrogen-bond donors (Lipinski definition) is 1. The number of carboxylic acids is 1. The molecule has 2 nitrogen and oxygen atoms in total. The van der Waals surface area contributed by atoms with E-state index in [-0.39, 0.29) is 5.41 Å². The minimum absolute atomic E-state index is 0.0446. The maximum absolute atomic E-state index is 11.4. The molecule has 0 saturated heterocycles. The second-order valence-corrected chi connectivity index (χ2v) is 9.81. The maximum Gasteiger partial charge on any atom is 0.335 e. The summed E-state index contributed by atoms with van der Waals surface area (Å²) in [6.07, 6.45) is 3.36. The number of carbonyl (C=O) groups is 1. The molecule has 0 aliphatic heterocycles. The molecule has 4 aromatic carbocycles. The second-order valence-electron chi connectivity index (χ2n) is 9.81. The quantitative estimate of drug-likeness (QED) is 0.346. The number of carboxylic acid groups (broad SMARTS) is 1. The summed E-state index contributed by atoms with van der Waals surface area (Å²) in [6.45, 7) is 10.8. The predicted molar refractivity (Wildman–Crippen MR) is 141 cm³/mol. The minimum atomic E-state index is -0.907. The van der Waals surface area contributed by atoms with E-state index >= 15 is 0 Å². The Balaban J connectivity index is 1.64. The van der Waals surface area contributed by atoms with Gasteiger partial charge in [0.2, 0.25) is 0 Å². The van der Waals surface area contributed by atoms with Gasteiger partial charge in [0.1, 0.15) is 0 Å². The van der Waals surface area contributed by atoms with Crippen molar-refractivity contribution in [1.82, 2.24) is 0 Å². The molecule has 0 atom stereocenters. The molecule has 0 aromatic heterocycles. The highest BCUT2D eigenvalue weighted by Crippen LogP contribution is 2.44. The van der Waals surface area contributed by atoms with E-state index in [1.54, 1.807) is 6.07 Å². The Morgan fingerprint density at radius 3 is 2.35 bits per heavy atom. The van der Waals surface area contributed by atoms with Gasteiger partial charge in [-0.05, 0) is 86.2 Å². The van der Waals surface area contributed by atoms with Crippen LogP contribution in [-0.2, 0) is 5.41 Å². The largest absolute Gasteiger partial charge is 0.478 e. The van der Waals surface area contributed by atoms with Crippen LogP contribution in [0.5, 0.6) is 0 Å². The van der Waals surface area contributed by atoms with E-state index in [4.69, 9.17) is 0 Å². The third-order valence-electron chi connectivity index (χ3n) is 7.09. The van der Waals surface area contributed by atoms with Gasteiger partial charge in [-0.1, -0.05) is 93.2 Å². The van der Waals surface area contributed by atoms with Crippen LogP contribution in [0, 0.1) is 6.92 Å². The summed E-state index contributed by atoms with van der Waals surface area (Å²) in [5.41, 5.74) is 9.07. The lowest BCUT2D eigenvalue weighted by molar-refractivity contribution is 0.0696. The Morgan fingerprint density at radius 1 is 0.882 bits per heavy atom. The Labute approximate surface area is 200 Å². The number of rotatable bonds is 4. The van der Waals surface area contributed by atoms with Crippen molar-refractivity contribution >= 4 is 27.9 Å². The first-order valence-electron chi connectivity index (χ1n) is 11.6. The minimum Gasteiger partial charge on any atom is -0.478 e. The van der Waals surface area contributed by atoms with E-state index < -0.39 is 5.97 Å². The van der Waals surface area contributed by atoms with Crippen molar-refractivity contribution in [2.45, 2.75) is 32.6 Å². The standard InChI is InChI=1S/C32H28O2/c1-20-18-23(12-14-25(20)31(33)34)21(2)24-13-15-30-29(19-24)28(16-17-32(30,3)4)27-11-7-9-22-8-5-6-10-26(22)27/h5-16,18-19H,2,17H2,1,3-4H3,(H,33,34). The average molecular weight is 445 g/mol. The highest BCUT2D eigenvalue weighted by Gasteiger charge is 2.29. The molecule has 0 saturated carbocycles. The number of allylic oxidation sites excluding steroid dienone is 1. The zero-order valence-electron chi connectivity index (χ0n) is 19.9. The van der Waals surface area contributed by atoms with Gasteiger partial charge in [0, 0.05) is 0 Å². The first kappa shape index (κ1) is 21.9. The van der Waals surface area contributed by atoms with Crippen LogP contribution in [-0.4, -0.2) is 11.1 Å². The fourth-order valence-electron chi connectivity index (χ4n) is 5.10. The molecule has 0 heterocycles. The average Bonchev–Trinajstić information content (AvgIpc) is 2.83. The van der Waals surface area contributed by atoms with E-state index in [0.29, 0.717) is 5.56 Å². The molecule has 1 aliphatic rings. The van der Waals surface area contributed by atoms with Crippen molar-refractivity contribution < 1.29 is 9.90 Å². The Morgan fingerprint density at radius 2 is 1.59 bits per heavy atom. The Hall–Kier alpha value is -3.91. The number of aromatic carboxylic acids is 1. The number of benzene rings is 4. The van der Waals surface area contributed by atoms with Gasteiger partial charge in [0.15, 0.2) is 0 Å². The highest BCUT2D eigenvalue weighted by atomic mass is 16.4. The summed E-state index contributed by atoms with van der Waals surface area (Å²) in [5, 5.41) is 11.9. The lowest BCUT2D eigenvalue weighted by Gasteiger charge is -2.33. The molecular weight excluding hydrogens is 416 g/mol. The molecule has 34 heavy (non-hydrogen) atoms. The molecule has 0 fully saturated rings. The van der Waals surface area contributed by atoms with E-state index in [1.807, 2.05) is 19.1 Å². The monoisotopic (exact) mass is 444 g/mol. The molecule has 0 bridgehead atoms. The zero-order valence-corrected chi connectivity index (χ0v) is 19.9. The fourth-order valence-corrected chi connectivity index (χ4v) is 5.10. The van der Waals surface area contributed by atoms with Crippen LogP contribution in [0.1, 0.15) is 64.0 Å². The third-order valence-corrected chi connectivity index (χ3v) is 7.09.